The van der Waals surface area contributed by atoms with Gasteiger partial charge in [0.25, 0.3) is 11.5 Å². The van der Waals surface area contributed by atoms with E-state index < -0.39 is 22.8 Å². The van der Waals surface area contributed by atoms with E-state index in [0.29, 0.717) is 38.3 Å². The monoisotopic (exact) mass is 440 g/mol. The second kappa shape index (κ2) is 8.75. The third-order valence-corrected chi connectivity index (χ3v) is 5.36. The molecule has 3 heterocycles. The first-order valence-electron chi connectivity index (χ1n) is 9.99. The molecule has 1 aromatic carbocycles. The van der Waals surface area contributed by atoms with Gasteiger partial charge in [0.2, 0.25) is 5.91 Å². The summed E-state index contributed by atoms with van der Waals surface area (Å²) in [7, 11) is 0. The smallest absolute Gasteiger partial charge is 0.268 e. The number of pyridine rings is 2. The van der Waals surface area contributed by atoms with Gasteiger partial charge in [-0.05, 0) is 35.7 Å². The van der Waals surface area contributed by atoms with E-state index in [-0.39, 0.29) is 29.3 Å². The fourth-order valence-corrected chi connectivity index (χ4v) is 3.71. The first-order valence-corrected chi connectivity index (χ1v) is 9.99. The first kappa shape index (κ1) is 21.4. The van der Waals surface area contributed by atoms with E-state index >= 15 is 0 Å². The minimum Gasteiger partial charge on any atom is -0.505 e. The van der Waals surface area contributed by atoms with Crippen molar-refractivity contribution in [3.63, 3.8) is 0 Å². The molecule has 0 saturated carbocycles. The van der Waals surface area contributed by atoms with Crippen molar-refractivity contribution in [2.75, 3.05) is 26.3 Å². The summed E-state index contributed by atoms with van der Waals surface area (Å²) in [6.07, 6.45) is 1.86. The summed E-state index contributed by atoms with van der Waals surface area (Å²) in [5.74, 6) is -2.42. The molecule has 0 radical (unpaired) electrons. The summed E-state index contributed by atoms with van der Waals surface area (Å²) in [6, 6.07) is 7.55. The Bertz CT molecular complexity index is 1250. The van der Waals surface area contributed by atoms with Crippen molar-refractivity contribution in [1.82, 2.24) is 14.5 Å². The molecule has 4 rings (SSSR count). The average molecular weight is 440 g/mol. The molecule has 1 aliphatic heterocycles. The number of fused-ring (bicyclic) bond motifs is 1. The highest BCUT2D eigenvalue weighted by atomic mass is 19.1. The van der Waals surface area contributed by atoms with E-state index in [1.165, 1.54) is 18.3 Å². The average Bonchev–Trinajstić information content (AvgIpc) is 2.78. The standard InChI is InChI=1S/C22H21FN4O5/c23-15-3-1-13(2-4-15)9-14-10-16-19(25-11-14)20(29)18(21(24)30)22(31)27(16)12-17(28)26-5-7-32-8-6-26/h1-4,10-11,29H,5-9,12H2,(H2,24,30). The number of benzene rings is 1. The highest BCUT2D eigenvalue weighted by Gasteiger charge is 2.25. The SMILES string of the molecule is NC(=O)c1c(O)c2ncc(Cc3ccc(F)cc3)cc2n(CC(=O)N2CCOCC2)c1=O. The van der Waals surface area contributed by atoms with Gasteiger partial charge in [-0.15, -0.1) is 0 Å². The van der Waals surface area contributed by atoms with E-state index in [2.05, 4.69) is 4.98 Å². The lowest BCUT2D eigenvalue weighted by molar-refractivity contribution is -0.135. The van der Waals surface area contributed by atoms with Gasteiger partial charge in [-0.25, -0.2) is 4.39 Å². The number of ether oxygens (including phenoxy) is 1. The Morgan fingerprint density at radius 1 is 1.16 bits per heavy atom. The predicted molar refractivity (Wildman–Crippen MR) is 113 cm³/mol. The summed E-state index contributed by atoms with van der Waals surface area (Å²) in [5, 5.41) is 10.5. The van der Waals surface area contributed by atoms with E-state index in [1.807, 2.05) is 0 Å². The van der Waals surface area contributed by atoms with Gasteiger partial charge < -0.3 is 20.5 Å². The number of primary amides is 1. The number of carbonyl (C=O) groups is 2. The summed E-state index contributed by atoms with van der Waals surface area (Å²) < 4.78 is 19.5. The van der Waals surface area contributed by atoms with Gasteiger partial charge in [0, 0.05) is 19.3 Å². The number of halogens is 1. The van der Waals surface area contributed by atoms with E-state index in [0.717, 1.165) is 10.1 Å². The number of morpholine rings is 1. The Kier molecular flexibility index (Phi) is 5.87. The van der Waals surface area contributed by atoms with Crippen LogP contribution in [-0.4, -0.2) is 57.7 Å². The van der Waals surface area contributed by atoms with Crippen LogP contribution in [0.5, 0.6) is 5.75 Å². The Morgan fingerprint density at radius 2 is 1.84 bits per heavy atom. The van der Waals surface area contributed by atoms with Gasteiger partial charge in [-0.1, -0.05) is 12.1 Å². The normalized spacial score (nSPS) is 14.0. The molecule has 1 fully saturated rings. The van der Waals surface area contributed by atoms with Crippen LogP contribution < -0.4 is 11.3 Å². The van der Waals surface area contributed by atoms with Gasteiger partial charge >= 0.3 is 0 Å². The summed E-state index contributed by atoms with van der Waals surface area (Å²) >= 11 is 0. The van der Waals surface area contributed by atoms with Gasteiger partial charge in [0.05, 0.1) is 18.7 Å². The zero-order chi connectivity index (χ0) is 22.8. The number of rotatable bonds is 5. The van der Waals surface area contributed by atoms with Crippen LogP contribution in [-0.2, 0) is 22.5 Å². The predicted octanol–water partition coefficient (Wildman–Crippen LogP) is 0.790. The Labute approximate surface area is 181 Å². The number of amides is 2. The zero-order valence-corrected chi connectivity index (χ0v) is 17.1. The van der Waals surface area contributed by atoms with E-state index in [4.69, 9.17) is 10.5 Å². The Morgan fingerprint density at radius 3 is 2.50 bits per heavy atom. The molecule has 0 spiro atoms. The van der Waals surface area contributed by atoms with Crippen molar-refractivity contribution in [1.29, 1.82) is 0 Å². The van der Waals surface area contributed by atoms with E-state index in [9.17, 15) is 23.9 Å². The van der Waals surface area contributed by atoms with Crippen molar-refractivity contribution in [3.8, 4) is 5.75 Å². The third kappa shape index (κ3) is 4.17. The maximum absolute atomic E-state index is 13.2. The quantitative estimate of drug-likeness (QED) is 0.604. The largest absolute Gasteiger partial charge is 0.505 e. The van der Waals surface area contributed by atoms with Crippen LogP contribution in [0.15, 0.2) is 41.3 Å². The van der Waals surface area contributed by atoms with Crippen LogP contribution in [0.25, 0.3) is 11.0 Å². The molecule has 0 atom stereocenters. The lowest BCUT2D eigenvalue weighted by Crippen LogP contribution is -2.44. The molecule has 9 nitrogen and oxygen atoms in total. The molecule has 0 aliphatic carbocycles. The first-order chi connectivity index (χ1) is 15.3. The molecule has 1 aliphatic rings. The molecule has 10 heteroatoms. The summed E-state index contributed by atoms with van der Waals surface area (Å²) in [5.41, 5.74) is 5.47. The van der Waals surface area contributed by atoms with Crippen LogP contribution >= 0.6 is 0 Å². The number of aromatic hydroxyl groups is 1. The molecule has 3 N–H and O–H groups in total. The number of nitrogens with two attached hydrogens (primary N) is 1. The summed E-state index contributed by atoms with van der Waals surface area (Å²) in [6.45, 7) is 1.22. The molecule has 1 saturated heterocycles. The molecule has 2 amide bonds. The van der Waals surface area contributed by atoms with Crippen LogP contribution in [0.4, 0.5) is 4.39 Å². The molecular formula is C22H21FN4O5. The molecular weight excluding hydrogens is 419 g/mol. The molecule has 32 heavy (non-hydrogen) atoms. The maximum Gasteiger partial charge on any atom is 0.268 e. The third-order valence-electron chi connectivity index (χ3n) is 5.36. The second-order valence-corrected chi connectivity index (χ2v) is 7.49. The van der Waals surface area contributed by atoms with Crippen molar-refractivity contribution < 1.29 is 23.8 Å². The number of aromatic nitrogens is 2. The van der Waals surface area contributed by atoms with Crippen LogP contribution in [0.2, 0.25) is 0 Å². The van der Waals surface area contributed by atoms with Crippen molar-refractivity contribution in [2.24, 2.45) is 5.73 Å². The van der Waals surface area contributed by atoms with Crippen LogP contribution in [0.3, 0.4) is 0 Å². The van der Waals surface area contributed by atoms with E-state index in [1.54, 1.807) is 23.1 Å². The zero-order valence-electron chi connectivity index (χ0n) is 17.1. The highest BCUT2D eigenvalue weighted by Crippen LogP contribution is 2.26. The van der Waals surface area contributed by atoms with Crippen molar-refractivity contribution in [2.45, 2.75) is 13.0 Å². The van der Waals surface area contributed by atoms with Gasteiger partial charge in [-0.2, -0.15) is 0 Å². The number of carbonyl (C=O) groups excluding carboxylic acids is 2. The summed E-state index contributed by atoms with van der Waals surface area (Å²) in [4.78, 5) is 43.4. The van der Waals surface area contributed by atoms with Crippen molar-refractivity contribution >= 4 is 22.8 Å². The number of nitrogens with zero attached hydrogens (tertiary/aromatic N) is 3. The lowest BCUT2D eigenvalue weighted by Gasteiger charge is -2.27. The van der Waals surface area contributed by atoms with Gasteiger partial charge in [0.1, 0.15) is 23.4 Å². The molecule has 0 bridgehead atoms. The number of hydrogen-bond donors (Lipinski definition) is 2. The molecule has 0 unspecified atom stereocenters. The minimum atomic E-state index is -1.11. The fourth-order valence-electron chi connectivity index (χ4n) is 3.71. The van der Waals surface area contributed by atoms with Gasteiger partial charge in [0.15, 0.2) is 5.75 Å². The van der Waals surface area contributed by atoms with Crippen molar-refractivity contribution in [3.05, 3.63) is 69.4 Å². The maximum atomic E-state index is 13.2. The second-order valence-electron chi connectivity index (χ2n) is 7.49. The molecule has 166 valence electrons. The topological polar surface area (TPSA) is 128 Å². The Hall–Kier alpha value is -3.79. The minimum absolute atomic E-state index is 0.0176. The lowest BCUT2D eigenvalue weighted by atomic mass is 10.1. The highest BCUT2D eigenvalue weighted by molar-refractivity contribution is 6.00. The number of hydrogen-bond acceptors (Lipinski definition) is 6. The van der Waals surface area contributed by atoms with Gasteiger partial charge in [-0.3, -0.25) is 23.9 Å². The fraction of sp³-hybridized carbons (Fsp3) is 0.273. The molecule has 3 aromatic rings. The Balaban J connectivity index is 1.80. The molecule has 2 aromatic heterocycles. The van der Waals surface area contributed by atoms with Crippen LogP contribution in [0, 0.1) is 5.82 Å². The van der Waals surface area contributed by atoms with Crippen LogP contribution in [0.1, 0.15) is 21.5 Å².